The molecule has 1 fully saturated rings. The molecule has 19 heavy (non-hydrogen) atoms. The van der Waals surface area contributed by atoms with Crippen LogP contribution in [0, 0.1) is 0 Å². The van der Waals surface area contributed by atoms with Crippen LogP contribution in [0.5, 0.6) is 0 Å². The minimum Gasteiger partial charge on any atom is -0.481 e. The zero-order valence-electron chi connectivity index (χ0n) is 9.74. The number of nitrogens with zero attached hydrogens (tertiary/aromatic N) is 3. The number of halogens is 1. The minimum atomic E-state index is -0.877. The van der Waals surface area contributed by atoms with Crippen LogP contribution < -0.4 is 0 Å². The van der Waals surface area contributed by atoms with Gasteiger partial charge in [-0.1, -0.05) is 11.8 Å². The van der Waals surface area contributed by atoms with Crippen LogP contribution in [0.15, 0.2) is 21.7 Å². The van der Waals surface area contributed by atoms with E-state index in [1.54, 1.807) is 12.1 Å². The summed E-state index contributed by atoms with van der Waals surface area (Å²) in [6.45, 7) is 0. The Bertz CT molecular complexity index is 620. The van der Waals surface area contributed by atoms with Crippen LogP contribution in [0.2, 0.25) is 5.22 Å². The molecule has 0 radical (unpaired) electrons. The van der Waals surface area contributed by atoms with Gasteiger partial charge in [-0.3, -0.25) is 9.36 Å². The molecule has 0 amide bonds. The molecule has 0 aromatic carbocycles. The highest BCUT2D eigenvalue weighted by molar-refractivity contribution is 7.99. The van der Waals surface area contributed by atoms with Gasteiger partial charge in [0.05, 0.1) is 5.75 Å². The van der Waals surface area contributed by atoms with Gasteiger partial charge in [0.2, 0.25) is 5.82 Å². The molecule has 0 aliphatic heterocycles. The summed E-state index contributed by atoms with van der Waals surface area (Å²) in [5, 5.41) is 17.8. The van der Waals surface area contributed by atoms with Crippen LogP contribution in [0.3, 0.4) is 0 Å². The van der Waals surface area contributed by atoms with Crippen LogP contribution in [-0.4, -0.2) is 31.6 Å². The van der Waals surface area contributed by atoms with Crippen molar-refractivity contribution in [1.29, 1.82) is 0 Å². The van der Waals surface area contributed by atoms with E-state index < -0.39 is 5.97 Å². The van der Waals surface area contributed by atoms with Gasteiger partial charge in [0.1, 0.15) is 0 Å². The number of furan rings is 1. The average molecular weight is 300 g/mol. The summed E-state index contributed by atoms with van der Waals surface area (Å²) < 4.78 is 7.28. The van der Waals surface area contributed by atoms with E-state index in [4.69, 9.17) is 21.1 Å². The molecule has 0 saturated heterocycles. The Morgan fingerprint density at radius 1 is 1.53 bits per heavy atom. The lowest BCUT2D eigenvalue weighted by Gasteiger charge is -2.05. The normalized spacial score (nSPS) is 14.8. The molecule has 1 aliphatic rings. The summed E-state index contributed by atoms with van der Waals surface area (Å²) in [4.78, 5) is 10.6. The summed E-state index contributed by atoms with van der Waals surface area (Å²) in [7, 11) is 0. The van der Waals surface area contributed by atoms with E-state index in [1.165, 1.54) is 0 Å². The number of aromatic nitrogens is 3. The Morgan fingerprint density at radius 3 is 2.89 bits per heavy atom. The number of rotatable bonds is 5. The first-order valence-corrected chi connectivity index (χ1v) is 7.06. The zero-order valence-corrected chi connectivity index (χ0v) is 11.3. The second-order valence-electron chi connectivity index (χ2n) is 4.19. The Labute approximate surface area is 117 Å². The maximum absolute atomic E-state index is 10.6. The first-order chi connectivity index (χ1) is 9.15. The Hall–Kier alpha value is -1.47. The molecule has 0 unspecified atom stereocenters. The molecule has 1 saturated carbocycles. The quantitative estimate of drug-likeness (QED) is 0.855. The molecular weight excluding hydrogens is 290 g/mol. The molecule has 100 valence electrons. The predicted molar refractivity (Wildman–Crippen MR) is 69.4 cm³/mol. The monoisotopic (exact) mass is 299 g/mol. The van der Waals surface area contributed by atoms with Crippen molar-refractivity contribution >= 4 is 29.3 Å². The number of hydrogen-bond acceptors (Lipinski definition) is 5. The smallest absolute Gasteiger partial charge is 0.313 e. The van der Waals surface area contributed by atoms with Crippen LogP contribution in [0.1, 0.15) is 18.9 Å². The number of thioether (sulfide) groups is 1. The van der Waals surface area contributed by atoms with Crippen LogP contribution in [-0.2, 0) is 4.79 Å². The fraction of sp³-hybridized carbons (Fsp3) is 0.364. The van der Waals surface area contributed by atoms with E-state index in [2.05, 4.69) is 10.2 Å². The lowest BCUT2D eigenvalue weighted by Crippen LogP contribution is -2.03. The van der Waals surface area contributed by atoms with Gasteiger partial charge in [0, 0.05) is 6.04 Å². The summed E-state index contributed by atoms with van der Waals surface area (Å²) in [6.07, 6.45) is 2.08. The lowest BCUT2D eigenvalue weighted by atomic mass is 10.4. The fourth-order valence-corrected chi connectivity index (χ4v) is 2.64. The maximum Gasteiger partial charge on any atom is 0.313 e. The topological polar surface area (TPSA) is 81.2 Å². The van der Waals surface area contributed by atoms with Gasteiger partial charge >= 0.3 is 5.97 Å². The van der Waals surface area contributed by atoms with Gasteiger partial charge in [-0.05, 0) is 36.6 Å². The molecule has 3 rings (SSSR count). The highest BCUT2D eigenvalue weighted by Crippen LogP contribution is 2.41. The van der Waals surface area contributed by atoms with Crippen LogP contribution in [0.4, 0.5) is 0 Å². The van der Waals surface area contributed by atoms with Crippen LogP contribution in [0.25, 0.3) is 11.6 Å². The molecule has 0 atom stereocenters. The summed E-state index contributed by atoms with van der Waals surface area (Å²) in [5.74, 6) is 0.232. The molecule has 1 aliphatic carbocycles. The molecule has 8 heteroatoms. The van der Waals surface area contributed by atoms with E-state index in [0.29, 0.717) is 28.0 Å². The maximum atomic E-state index is 10.6. The van der Waals surface area contributed by atoms with E-state index in [0.717, 1.165) is 24.6 Å². The van der Waals surface area contributed by atoms with Crippen LogP contribution >= 0.6 is 23.4 Å². The van der Waals surface area contributed by atoms with Gasteiger partial charge in [-0.25, -0.2) is 0 Å². The largest absolute Gasteiger partial charge is 0.481 e. The summed E-state index contributed by atoms with van der Waals surface area (Å²) >= 11 is 6.92. The standard InChI is InChI=1S/C11H10ClN3O3S/c12-8-4-3-7(18-8)10-13-14-11(19-5-9(16)17)15(10)6-1-2-6/h3-4,6H,1-2,5H2,(H,16,17). The number of hydrogen-bond donors (Lipinski definition) is 1. The first-order valence-electron chi connectivity index (χ1n) is 5.70. The fourth-order valence-electron chi connectivity index (χ4n) is 1.77. The summed E-state index contributed by atoms with van der Waals surface area (Å²) in [6, 6.07) is 3.70. The van der Waals surface area contributed by atoms with Crippen molar-refractivity contribution in [3.8, 4) is 11.6 Å². The Morgan fingerprint density at radius 2 is 2.32 bits per heavy atom. The number of aliphatic carboxylic acids is 1. The molecule has 2 aromatic rings. The molecule has 2 heterocycles. The van der Waals surface area contributed by atoms with E-state index >= 15 is 0 Å². The highest BCUT2D eigenvalue weighted by atomic mass is 35.5. The third-order valence-corrected chi connectivity index (χ3v) is 3.83. The van der Waals surface area contributed by atoms with Gasteiger partial charge in [-0.15, -0.1) is 10.2 Å². The van der Waals surface area contributed by atoms with Gasteiger partial charge < -0.3 is 9.52 Å². The van der Waals surface area contributed by atoms with E-state index in [1.807, 2.05) is 4.57 Å². The second-order valence-corrected chi connectivity index (χ2v) is 5.51. The summed E-state index contributed by atoms with van der Waals surface area (Å²) in [5.41, 5.74) is 0. The number of carbonyl (C=O) groups is 1. The van der Waals surface area contributed by atoms with Crippen molar-refractivity contribution in [2.45, 2.75) is 24.0 Å². The first kappa shape index (κ1) is 12.6. The van der Waals surface area contributed by atoms with E-state index in [-0.39, 0.29) is 5.75 Å². The molecule has 1 N–H and O–H groups in total. The highest BCUT2D eigenvalue weighted by Gasteiger charge is 2.31. The van der Waals surface area contributed by atoms with Crippen molar-refractivity contribution in [3.63, 3.8) is 0 Å². The zero-order chi connectivity index (χ0) is 13.4. The lowest BCUT2D eigenvalue weighted by molar-refractivity contribution is -0.133. The van der Waals surface area contributed by atoms with E-state index in [9.17, 15) is 4.79 Å². The van der Waals surface area contributed by atoms with Crippen molar-refractivity contribution in [2.24, 2.45) is 0 Å². The van der Waals surface area contributed by atoms with Crippen molar-refractivity contribution in [3.05, 3.63) is 17.4 Å². The van der Waals surface area contributed by atoms with Crippen molar-refractivity contribution < 1.29 is 14.3 Å². The second kappa shape index (κ2) is 4.90. The molecule has 0 bridgehead atoms. The molecule has 2 aromatic heterocycles. The minimum absolute atomic E-state index is 0.0379. The Balaban J connectivity index is 1.94. The van der Waals surface area contributed by atoms with Gasteiger partial charge in [0.25, 0.3) is 0 Å². The number of carboxylic acid groups (broad SMARTS) is 1. The molecule has 6 nitrogen and oxygen atoms in total. The third-order valence-electron chi connectivity index (χ3n) is 2.69. The van der Waals surface area contributed by atoms with Gasteiger partial charge in [0.15, 0.2) is 16.1 Å². The van der Waals surface area contributed by atoms with Gasteiger partial charge in [-0.2, -0.15) is 0 Å². The predicted octanol–water partition coefficient (Wildman–Crippen LogP) is 2.70. The Kier molecular flexibility index (Phi) is 3.24. The average Bonchev–Trinajstić information content (AvgIpc) is 2.97. The van der Waals surface area contributed by atoms with Crippen molar-refractivity contribution in [1.82, 2.24) is 14.8 Å². The molecule has 0 spiro atoms. The number of carboxylic acids is 1. The SMILES string of the molecule is O=C(O)CSc1nnc(-c2ccc(Cl)o2)n1C1CC1. The molecular formula is C11H10ClN3O3S. The van der Waals surface area contributed by atoms with Crippen molar-refractivity contribution in [2.75, 3.05) is 5.75 Å². The third kappa shape index (κ3) is 2.62.